The Kier molecular flexibility index (Phi) is 5.41. The molecule has 1 aromatic carbocycles. The van der Waals surface area contributed by atoms with E-state index in [1.807, 2.05) is 42.5 Å². The summed E-state index contributed by atoms with van der Waals surface area (Å²) in [4.78, 5) is 14.3. The van der Waals surface area contributed by atoms with Crippen LogP contribution in [-0.2, 0) is 4.79 Å². The Bertz CT molecular complexity index is 649. The summed E-state index contributed by atoms with van der Waals surface area (Å²) >= 11 is 0. The van der Waals surface area contributed by atoms with Gasteiger partial charge >= 0.3 is 0 Å². The third-order valence-corrected chi connectivity index (χ3v) is 4.46. The molecule has 0 spiro atoms. The van der Waals surface area contributed by atoms with Gasteiger partial charge in [0.25, 0.3) is 0 Å². The number of hydrogen-bond donors (Lipinski definition) is 1. The first-order valence-electron chi connectivity index (χ1n) is 8.69. The van der Waals surface area contributed by atoms with Crippen LogP contribution >= 0.6 is 0 Å². The zero-order valence-electron chi connectivity index (χ0n) is 14.1. The van der Waals surface area contributed by atoms with Crippen LogP contribution in [0.1, 0.15) is 26.2 Å². The number of nitrogens with one attached hydrogen (secondary N) is 1. The smallest absolute Gasteiger partial charge is 0.223 e. The molecule has 0 saturated carbocycles. The zero-order chi connectivity index (χ0) is 16.8. The average molecular weight is 324 g/mol. The Morgan fingerprint density at radius 1 is 1.12 bits per heavy atom. The standard InChI is InChI=1S/C19H24N4O/c1-2-12-20-19(24)16-10-13-23(14-11-16)18-9-8-17(21-22-18)15-6-4-3-5-7-15/h3-9,16H,2,10-14H2,1H3,(H,20,24). The first-order valence-corrected chi connectivity index (χ1v) is 8.69. The molecule has 3 rings (SSSR count). The maximum Gasteiger partial charge on any atom is 0.223 e. The predicted octanol–water partition coefficient (Wildman–Crippen LogP) is 2.89. The molecule has 0 atom stereocenters. The van der Waals surface area contributed by atoms with Crippen LogP contribution in [0.4, 0.5) is 5.82 Å². The number of benzene rings is 1. The molecule has 1 aliphatic rings. The number of rotatable bonds is 5. The summed E-state index contributed by atoms with van der Waals surface area (Å²) in [6, 6.07) is 14.1. The summed E-state index contributed by atoms with van der Waals surface area (Å²) < 4.78 is 0. The number of hydrogen-bond acceptors (Lipinski definition) is 4. The largest absolute Gasteiger partial charge is 0.356 e. The van der Waals surface area contributed by atoms with E-state index in [0.29, 0.717) is 0 Å². The summed E-state index contributed by atoms with van der Waals surface area (Å²) in [6.07, 6.45) is 2.73. The molecule has 126 valence electrons. The molecule has 2 aromatic rings. The lowest BCUT2D eigenvalue weighted by Gasteiger charge is -2.31. The van der Waals surface area contributed by atoms with Gasteiger partial charge in [-0.15, -0.1) is 10.2 Å². The highest BCUT2D eigenvalue weighted by Gasteiger charge is 2.25. The second-order valence-corrected chi connectivity index (χ2v) is 6.20. The van der Waals surface area contributed by atoms with Gasteiger partial charge in [0.05, 0.1) is 5.69 Å². The molecule has 1 aliphatic heterocycles. The average Bonchev–Trinajstić information content (AvgIpc) is 2.67. The summed E-state index contributed by atoms with van der Waals surface area (Å²) in [7, 11) is 0. The SMILES string of the molecule is CCCNC(=O)C1CCN(c2ccc(-c3ccccc3)nn2)CC1. The van der Waals surface area contributed by atoms with Gasteiger partial charge in [-0.2, -0.15) is 0 Å². The fourth-order valence-electron chi connectivity index (χ4n) is 3.02. The Morgan fingerprint density at radius 2 is 1.88 bits per heavy atom. The van der Waals surface area contributed by atoms with Crippen molar-refractivity contribution in [3.63, 3.8) is 0 Å². The zero-order valence-corrected chi connectivity index (χ0v) is 14.1. The fourth-order valence-corrected chi connectivity index (χ4v) is 3.02. The molecule has 2 heterocycles. The maximum absolute atomic E-state index is 12.0. The molecule has 0 radical (unpaired) electrons. The molecular weight excluding hydrogens is 300 g/mol. The van der Waals surface area contributed by atoms with E-state index >= 15 is 0 Å². The van der Waals surface area contributed by atoms with Crippen LogP contribution in [0.3, 0.4) is 0 Å². The number of nitrogens with zero attached hydrogens (tertiary/aromatic N) is 3. The highest BCUT2D eigenvalue weighted by Crippen LogP contribution is 2.23. The van der Waals surface area contributed by atoms with Gasteiger partial charge < -0.3 is 10.2 Å². The van der Waals surface area contributed by atoms with E-state index in [-0.39, 0.29) is 11.8 Å². The van der Waals surface area contributed by atoms with Crippen molar-refractivity contribution in [2.24, 2.45) is 5.92 Å². The summed E-state index contributed by atoms with van der Waals surface area (Å²) in [5.74, 6) is 1.22. The van der Waals surface area contributed by atoms with Crippen LogP contribution in [0, 0.1) is 5.92 Å². The highest BCUT2D eigenvalue weighted by molar-refractivity contribution is 5.78. The molecule has 0 unspecified atom stereocenters. The first-order chi connectivity index (χ1) is 11.8. The Balaban J connectivity index is 1.58. The van der Waals surface area contributed by atoms with E-state index in [2.05, 4.69) is 27.3 Å². The Morgan fingerprint density at radius 3 is 2.50 bits per heavy atom. The van der Waals surface area contributed by atoms with Gasteiger partial charge in [0.15, 0.2) is 5.82 Å². The van der Waals surface area contributed by atoms with Gasteiger partial charge in [0.2, 0.25) is 5.91 Å². The lowest BCUT2D eigenvalue weighted by Crippen LogP contribution is -2.41. The topological polar surface area (TPSA) is 58.1 Å². The van der Waals surface area contributed by atoms with Gasteiger partial charge in [-0.1, -0.05) is 37.3 Å². The number of piperidine rings is 1. The number of aromatic nitrogens is 2. The van der Waals surface area contributed by atoms with Crippen LogP contribution in [-0.4, -0.2) is 35.7 Å². The summed E-state index contributed by atoms with van der Waals surface area (Å²) in [6.45, 7) is 4.54. The van der Waals surface area contributed by atoms with E-state index in [1.54, 1.807) is 0 Å². The van der Waals surface area contributed by atoms with E-state index in [9.17, 15) is 4.79 Å². The lowest BCUT2D eigenvalue weighted by molar-refractivity contribution is -0.125. The predicted molar refractivity (Wildman–Crippen MR) is 95.7 cm³/mol. The van der Waals surface area contributed by atoms with Crippen molar-refractivity contribution in [3.8, 4) is 11.3 Å². The molecule has 1 aromatic heterocycles. The van der Waals surface area contributed by atoms with Crippen LogP contribution < -0.4 is 10.2 Å². The molecule has 5 heteroatoms. The Hall–Kier alpha value is -2.43. The minimum Gasteiger partial charge on any atom is -0.356 e. The normalized spacial score (nSPS) is 15.3. The maximum atomic E-state index is 12.0. The quantitative estimate of drug-likeness (QED) is 0.919. The van der Waals surface area contributed by atoms with E-state index in [1.165, 1.54) is 0 Å². The number of carbonyl (C=O) groups excluding carboxylic acids is 1. The molecule has 1 fully saturated rings. The van der Waals surface area contributed by atoms with Crippen molar-refractivity contribution in [2.75, 3.05) is 24.5 Å². The summed E-state index contributed by atoms with van der Waals surface area (Å²) in [5.41, 5.74) is 1.95. The van der Waals surface area contributed by atoms with E-state index < -0.39 is 0 Å². The van der Waals surface area contributed by atoms with Crippen LogP contribution in [0.2, 0.25) is 0 Å². The van der Waals surface area contributed by atoms with Gasteiger partial charge in [-0.25, -0.2) is 0 Å². The van der Waals surface area contributed by atoms with Crippen molar-refractivity contribution >= 4 is 11.7 Å². The fraction of sp³-hybridized carbons (Fsp3) is 0.421. The van der Waals surface area contributed by atoms with Crippen molar-refractivity contribution in [1.82, 2.24) is 15.5 Å². The van der Waals surface area contributed by atoms with Crippen molar-refractivity contribution in [2.45, 2.75) is 26.2 Å². The van der Waals surface area contributed by atoms with Crippen molar-refractivity contribution in [1.29, 1.82) is 0 Å². The molecular formula is C19H24N4O. The van der Waals surface area contributed by atoms with Gasteiger partial charge in [-0.05, 0) is 31.4 Å². The number of anilines is 1. The molecule has 1 saturated heterocycles. The van der Waals surface area contributed by atoms with Gasteiger partial charge in [0, 0.05) is 31.1 Å². The monoisotopic (exact) mass is 324 g/mol. The van der Waals surface area contributed by atoms with Crippen LogP contribution in [0.25, 0.3) is 11.3 Å². The molecule has 1 amide bonds. The van der Waals surface area contributed by atoms with Gasteiger partial charge in [0.1, 0.15) is 0 Å². The second-order valence-electron chi connectivity index (χ2n) is 6.20. The molecule has 0 bridgehead atoms. The molecule has 5 nitrogen and oxygen atoms in total. The van der Waals surface area contributed by atoms with E-state index in [4.69, 9.17) is 0 Å². The molecule has 24 heavy (non-hydrogen) atoms. The third-order valence-electron chi connectivity index (χ3n) is 4.46. The lowest BCUT2D eigenvalue weighted by atomic mass is 9.96. The second kappa shape index (κ2) is 7.90. The highest BCUT2D eigenvalue weighted by atomic mass is 16.1. The first kappa shape index (κ1) is 16.4. The van der Waals surface area contributed by atoms with Crippen molar-refractivity contribution < 1.29 is 4.79 Å². The van der Waals surface area contributed by atoms with Crippen LogP contribution in [0.5, 0.6) is 0 Å². The minimum atomic E-state index is 0.129. The number of carbonyl (C=O) groups is 1. The third kappa shape index (κ3) is 3.91. The van der Waals surface area contributed by atoms with Gasteiger partial charge in [-0.3, -0.25) is 4.79 Å². The van der Waals surface area contributed by atoms with Crippen LogP contribution in [0.15, 0.2) is 42.5 Å². The van der Waals surface area contributed by atoms with Crippen molar-refractivity contribution in [3.05, 3.63) is 42.5 Å². The molecule has 0 aliphatic carbocycles. The minimum absolute atomic E-state index is 0.129. The molecule has 1 N–H and O–H groups in total. The summed E-state index contributed by atoms with van der Waals surface area (Å²) in [5, 5.41) is 11.7. The number of amides is 1. The van der Waals surface area contributed by atoms with E-state index in [0.717, 1.165) is 56.0 Å². The Labute approximate surface area is 143 Å².